The Kier molecular flexibility index (Phi) is 4.35. The van der Waals surface area contributed by atoms with Crippen molar-refractivity contribution < 1.29 is 14.0 Å². The van der Waals surface area contributed by atoms with Crippen LogP contribution in [0.3, 0.4) is 0 Å². The number of urea groups is 1. The van der Waals surface area contributed by atoms with Crippen LogP contribution in [0.4, 0.5) is 9.18 Å². The van der Waals surface area contributed by atoms with E-state index in [0.717, 1.165) is 5.69 Å². The molecule has 6 nitrogen and oxygen atoms in total. The van der Waals surface area contributed by atoms with E-state index in [1.165, 1.54) is 17.0 Å². The van der Waals surface area contributed by atoms with Crippen LogP contribution < -0.4 is 5.32 Å². The third-order valence-corrected chi connectivity index (χ3v) is 4.98. The van der Waals surface area contributed by atoms with Gasteiger partial charge in [-0.3, -0.25) is 14.7 Å². The molecule has 27 heavy (non-hydrogen) atoms. The first kappa shape index (κ1) is 17.2. The van der Waals surface area contributed by atoms with E-state index in [2.05, 4.69) is 10.3 Å². The van der Waals surface area contributed by atoms with E-state index in [1.807, 2.05) is 18.2 Å². The van der Waals surface area contributed by atoms with Crippen molar-refractivity contribution in [2.24, 2.45) is 0 Å². The molecule has 2 aromatic rings. The van der Waals surface area contributed by atoms with Crippen LogP contribution in [-0.2, 0) is 11.2 Å². The van der Waals surface area contributed by atoms with E-state index in [4.69, 9.17) is 0 Å². The van der Waals surface area contributed by atoms with E-state index >= 15 is 0 Å². The quantitative estimate of drug-likeness (QED) is 0.903. The van der Waals surface area contributed by atoms with Crippen molar-refractivity contribution in [1.82, 2.24) is 20.1 Å². The highest BCUT2D eigenvalue weighted by molar-refractivity contribution is 6.01. The fraction of sp³-hybridized carbons (Fsp3) is 0.250. The number of nitrogens with zero attached hydrogens (tertiary/aromatic N) is 3. The van der Waals surface area contributed by atoms with Crippen molar-refractivity contribution >= 4 is 11.9 Å². The first-order valence-corrected chi connectivity index (χ1v) is 8.76. The first-order chi connectivity index (χ1) is 13.0. The maximum absolute atomic E-state index is 13.7. The van der Waals surface area contributed by atoms with Crippen LogP contribution in [0.1, 0.15) is 17.3 Å². The number of aromatic nitrogens is 1. The first-order valence-electron chi connectivity index (χ1n) is 8.76. The van der Waals surface area contributed by atoms with E-state index < -0.39 is 11.9 Å². The zero-order chi connectivity index (χ0) is 19.0. The Morgan fingerprint density at radius 3 is 2.81 bits per heavy atom. The Morgan fingerprint density at radius 2 is 2.07 bits per heavy atom. The monoisotopic (exact) mass is 366 g/mol. The average molecular weight is 366 g/mol. The summed E-state index contributed by atoms with van der Waals surface area (Å²) < 4.78 is 13.7. The molecule has 0 radical (unpaired) electrons. The Labute approximate surface area is 156 Å². The number of nitrogens with one attached hydrogen (secondary N) is 1. The van der Waals surface area contributed by atoms with Gasteiger partial charge >= 0.3 is 6.03 Å². The number of amides is 3. The molecule has 0 spiro atoms. The van der Waals surface area contributed by atoms with E-state index in [1.54, 1.807) is 30.3 Å². The molecule has 2 aliphatic heterocycles. The topological polar surface area (TPSA) is 65.5 Å². The molecule has 1 atom stereocenters. The highest BCUT2D eigenvalue weighted by Crippen LogP contribution is 2.35. The van der Waals surface area contributed by atoms with Gasteiger partial charge in [0, 0.05) is 31.9 Å². The van der Waals surface area contributed by atoms with Gasteiger partial charge in [0.15, 0.2) is 0 Å². The number of likely N-dealkylation sites (N-methyl/N-ethyl adjacent to an activating group) is 1. The molecule has 3 amide bonds. The molecule has 1 aromatic heterocycles. The van der Waals surface area contributed by atoms with E-state index in [-0.39, 0.29) is 11.9 Å². The molecule has 2 aliphatic rings. The highest BCUT2D eigenvalue weighted by atomic mass is 19.1. The Balaban J connectivity index is 1.60. The summed E-state index contributed by atoms with van der Waals surface area (Å²) in [7, 11) is 1.64. The van der Waals surface area contributed by atoms with Gasteiger partial charge in [0.1, 0.15) is 5.82 Å². The minimum absolute atomic E-state index is 0.137. The number of hydrogen-bond acceptors (Lipinski definition) is 3. The minimum atomic E-state index is -0.647. The summed E-state index contributed by atoms with van der Waals surface area (Å²) in [5.41, 5.74) is 2.63. The second-order valence-corrected chi connectivity index (χ2v) is 6.65. The minimum Gasteiger partial charge on any atom is -0.333 e. The van der Waals surface area contributed by atoms with Gasteiger partial charge < -0.3 is 10.2 Å². The van der Waals surface area contributed by atoms with Gasteiger partial charge in [0.2, 0.25) is 0 Å². The fourth-order valence-electron chi connectivity index (χ4n) is 3.54. The molecule has 1 aromatic carbocycles. The van der Waals surface area contributed by atoms with Crippen molar-refractivity contribution in [2.75, 3.05) is 20.1 Å². The van der Waals surface area contributed by atoms with E-state index in [9.17, 15) is 14.0 Å². The maximum Gasteiger partial charge on any atom is 0.322 e. The summed E-state index contributed by atoms with van der Waals surface area (Å²) in [4.78, 5) is 32.9. The number of halogens is 1. The highest BCUT2D eigenvalue weighted by Gasteiger charge is 2.42. The molecule has 3 heterocycles. The molecule has 0 saturated carbocycles. The lowest BCUT2D eigenvalue weighted by atomic mass is 9.95. The average Bonchev–Trinajstić information content (AvgIpc) is 3.01. The van der Waals surface area contributed by atoms with E-state index in [0.29, 0.717) is 36.3 Å². The predicted octanol–water partition coefficient (Wildman–Crippen LogP) is 2.26. The number of hydrogen-bond donors (Lipinski definition) is 1. The van der Waals surface area contributed by atoms with Crippen LogP contribution >= 0.6 is 0 Å². The summed E-state index contributed by atoms with van der Waals surface area (Å²) in [6, 6.07) is 10.7. The summed E-state index contributed by atoms with van der Waals surface area (Å²) in [5.74, 6) is -0.540. The SMILES string of the molecule is CN1C(=O)N[C@@H](c2cccc(F)c2)C2=C1CN(CCc1ccccn1)C2=O. The van der Waals surface area contributed by atoms with Gasteiger partial charge in [-0.25, -0.2) is 9.18 Å². The van der Waals surface area contributed by atoms with Gasteiger partial charge in [-0.05, 0) is 29.8 Å². The van der Waals surface area contributed by atoms with Gasteiger partial charge in [0.05, 0.1) is 23.9 Å². The van der Waals surface area contributed by atoms with Gasteiger partial charge in [0.25, 0.3) is 5.91 Å². The zero-order valence-electron chi connectivity index (χ0n) is 14.9. The number of rotatable bonds is 4. The Morgan fingerprint density at radius 1 is 1.22 bits per heavy atom. The standard InChI is InChI=1S/C20H19FN4O2/c1-24-16-12-25(10-8-15-7-2-3-9-22-15)19(26)17(16)18(23-20(24)27)13-5-4-6-14(21)11-13/h2-7,9,11,18H,8,10,12H2,1H3,(H,23,27)/t18-/m0/s1. The molecular weight excluding hydrogens is 347 g/mol. The second-order valence-electron chi connectivity index (χ2n) is 6.65. The maximum atomic E-state index is 13.7. The zero-order valence-corrected chi connectivity index (χ0v) is 14.9. The molecule has 7 heteroatoms. The smallest absolute Gasteiger partial charge is 0.322 e. The number of carbonyl (C=O) groups is 2. The summed E-state index contributed by atoms with van der Waals surface area (Å²) >= 11 is 0. The summed E-state index contributed by atoms with van der Waals surface area (Å²) in [6.45, 7) is 0.859. The van der Waals surface area contributed by atoms with Crippen molar-refractivity contribution in [2.45, 2.75) is 12.5 Å². The van der Waals surface area contributed by atoms with Crippen LogP contribution in [0.25, 0.3) is 0 Å². The normalized spacial score (nSPS) is 19.4. The van der Waals surface area contributed by atoms with Crippen molar-refractivity contribution in [1.29, 1.82) is 0 Å². The largest absolute Gasteiger partial charge is 0.333 e. The van der Waals surface area contributed by atoms with Crippen LogP contribution in [-0.4, -0.2) is 46.9 Å². The molecule has 0 bridgehead atoms. The van der Waals surface area contributed by atoms with Crippen molar-refractivity contribution in [3.05, 3.63) is 77.0 Å². The third-order valence-electron chi connectivity index (χ3n) is 4.98. The van der Waals surface area contributed by atoms with Gasteiger partial charge in [-0.15, -0.1) is 0 Å². The molecule has 138 valence electrons. The number of carbonyl (C=O) groups excluding carboxylic acids is 2. The van der Waals surface area contributed by atoms with Crippen LogP contribution in [0, 0.1) is 5.82 Å². The lowest BCUT2D eigenvalue weighted by molar-refractivity contribution is -0.125. The van der Waals surface area contributed by atoms with Crippen LogP contribution in [0.5, 0.6) is 0 Å². The molecular formula is C20H19FN4O2. The van der Waals surface area contributed by atoms with Crippen molar-refractivity contribution in [3.63, 3.8) is 0 Å². The summed E-state index contributed by atoms with van der Waals surface area (Å²) in [5, 5.41) is 2.81. The lowest BCUT2D eigenvalue weighted by Crippen LogP contribution is -2.45. The van der Waals surface area contributed by atoms with Crippen molar-refractivity contribution in [3.8, 4) is 0 Å². The molecule has 0 unspecified atom stereocenters. The van der Waals surface area contributed by atoms with Crippen LogP contribution in [0.15, 0.2) is 59.9 Å². The van der Waals surface area contributed by atoms with Gasteiger partial charge in [-0.1, -0.05) is 18.2 Å². The summed E-state index contributed by atoms with van der Waals surface area (Å²) in [6.07, 6.45) is 2.35. The number of benzene rings is 1. The predicted molar refractivity (Wildman–Crippen MR) is 97.0 cm³/mol. The fourth-order valence-corrected chi connectivity index (χ4v) is 3.54. The molecule has 0 saturated heterocycles. The molecule has 0 aliphatic carbocycles. The third kappa shape index (κ3) is 3.16. The Bertz CT molecular complexity index is 929. The molecule has 4 rings (SSSR count). The van der Waals surface area contributed by atoms with Gasteiger partial charge in [-0.2, -0.15) is 0 Å². The van der Waals surface area contributed by atoms with Crippen LogP contribution in [0.2, 0.25) is 0 Å². The molecule has 0 fully saturated rings. The lowest BCUT2D eigenvalue weighted by Gasteiger charge is -2.31. The second kappa shape index (κ2) is 6.83. The molecule has 1 N–H and O–H groups in total. The Hall–Kier alpha value is -3.22. The number of pyridine rings is 1.